The van der Waals surface area contributed by atoms with Gasteiger partial charge < -0.3 is 10.0 Å². The second-order valence-electron chi connectivity index (χ2n) is 4.45. The van der Waals surface area contributed by atoms with Crippen molar-refractivity contribution in [2.24, 2.45) is 5.92 Å². The maximum atomic E-state index is 12.8. The molecule has 1 aliphatic rings. The predicted octanol–water partition coefficient (Wildman–Crippen LogP) is 3.29. The first-order valence-corrected chi connectivity index (χ1v) is 6.43. The van der Waals surface area contributed by atoms with E-state index in [1.807, 2.05) is 4.90 Å². The number of halogens is 4. The Labute approximate surface area is 112 Å². The molecule has 1 aromatic rings. The Balaban J connectivity index is 2.25. The molecule has 1 unspecified atom stereocenters. The summed E-state index contributed by atoms with van der Waals surface area (Å²) in [5.41, 5.74) is -0.103. The van der Waals surface area contributed by atoms with Crippen molar-refractivity contribution in [3.63, 3.8) is 0 Å². The molecule has 1 aromatic carbocycles. The average molecular weight is 324 g/mol. The van der Waals surface area contributed by atoms with Crippen molar-refractivity contribution in [1.82, 2.24) is 0 Å². The molecule has 0 aliphatic carbocycles. The van der Waals surface area contributed by atoms with E-state index in [0.29, 0.717) is 18.8 Å². The minimum atomic E-state index is -4.36. The van der Waals surface area contributed by atoms with Crippen molar-refractivity contribution in [2.45, 2.75) is 12.6 Å². The van der Waals surface area contributed by atoms with Crippen molar-refractivity contribution in [3.05, 3.63) is 28.2 Å². The molecule has 0 amide bonds. The molecule has 1 aliphatic heterocycles. The first-order valence-electron chi connectivity index (χ1n) is 5.64. The second kappa shape index (κ2) is 5.09. The van der Waals surface area contributed by atoms with Gasteiger partial charge in [0.25, 0.3) is 0 Å². The molecule has 0 aromatic heterocycles. The van der Waals surface area contributed by atoms with E-state index in [-0.39, 0.29) is 17.0 Å². The maximum Gasteiger partial charge on any atom is 0.417 e. The molecule has 1 atom stereocenters. The molecule has 1 saturated heterocycles. The third-order valence-corrected chi connectivity index (χ3v) is 3.86. The van der Waals surface area contributed by atoms with E-state index < -0.39 is 11.7 Å². The smallest absolute Gasteiger partial charge is 0.396 e. The molecule has 0 saturated carbocycles. The Morgan fingerprint density at radius 1 is 1.39 bits per heavy atom. The van der Waals surface area contributed by atoms with Gasteiger partial charge in [0.1, 0.15) is 0 Å². The SMILES string of the molecule is OCC1CCN(c2ccc(Br)c(C(F)(F)F)c2)C1. The lowest BCUT2D eigenvalue weighted by molar-refractivity contribution is -0.138. The third-order valence-electron chi connectivity index (χ3n) is 3.16. The fourth-order valence-corrected chi connectivity index (χ4v) is 2.61. The van der Waals surface area contributed by atoms with E-state index in [4.69, 9.17) is 5.11 Å². The normalized spacial score (nSPS) is 20.5. The van der Waals surface area contributed by atoms with Crippen LogP contribution >= 0.6 is 15.9 Å². The van der Waals surface area contributed by atoms with Crippen LogP contribution in [0.5, 0.6) is 0 Å². The summed E-state index contributed by atoms with van der Waals surface area (Å²) in [5.74, 6) is 0.156. The first kappa shape index (κ1) is 13.7. The molecule has 0 bridgehead atoms. The molecular weight excluding hydrogens is 311 g/mol. The van der Waals surface area contributed by atoms with Gasteiger partial charge in [-0.25, -0.2) is 0 Å². The number of anilines is 1. The van der Waals surface area contributed by atoms with Crippen LogP contribution in [0.3, 0.4) is 0 Å². The molecule has 2 nitrogen and oxygen atoms in total. The predicted molar refractivity (Wildman–Crippen MR) is 66.5 cm³/mol. The van der Waals surface area contributed by atoms with E-state index >= 15 is 0 Å². The summed E-state index contributed by atoms with van der Waals surface area (Å²) in [7, 11) is 0. The number of aliphatic hydroxyl groups is 1. The van der Waals surface area contributed by atoms with Crippen LogP contribution in [0.25, 0.3) is 0 Å². The fraction of sp³-hybridized carbons (Fsp3) is 0.500. The van der Waals surface area contributed by atoms with Crippen LogP contribution in [-0.2, 0) is 6.18 Å². The van der Waals surface area contributed by atoms with Gasteiger partial charge >= 0.3 is 6.18 Å². The molecule has 1 N–H and O–H groups in total. The number of hydrogen-bond donors (Lipinski definition) is 1. The van der Waals surface area contributed by atoms with Gasteiger partial charge in [-0.15, -0.1) is 0 Å². The number of rotatable bonds is 2. The number of hydrogen-bond acceptors (Lipinski definition) is 2. The van der Waals surface area contributed by atoms with E-state index in [1.165, 1.54) is 6.07 Å². The molecule has 1 fully saturated rings. The van der Waals surface area contributed by atoms with Crippen LogP contribution in [0.4, 0.5) is 18.9 Å². The van der Waals surface area contributed by atoms with E-state index in [2.05, 4.69) is 15.9 Å². The molecule has 1 heterocycles. The molecule has 0 radical (unpaired) electrons. The van der Waals surface area contributed by atoms with E-state index in [0.717, 1.165) is 12.5 Å². The first-order chi connectivity index (χ1) is 8.41. The Kier molecular flexibility index (Phi) is 3.87. The lowest BCUT2D eigenvalue weighted by atomic mass is 10.1. The van der Waals surface area contributed by atoms with Gasteiger partial charge in [-0.05, 0) is 24.6 Å². The highest BCUT2D eigenvalue weighted by molar-refractivity contribution is 9.10. The molecule has 2 rings (SSSR count). The standard InChI is InChI=1S/C12H13BrF3NO/c13-11-2-1-9(5-10(11)12(14,15)16)17-4-3-8(6-17)7-18/h1-2,5,8,18H,3-4,6-7H2. The zero-order chi connectivity index (χ0) is 13.3. The van der Waals surface area contributed by atoms with Gasteiger partial charge in [-0.1, -0.05) is 15.9 Å². The van der Waals surface area contributed by atoms with Gasteiger partial charge in [-0.3, -0.25) is 0 Å². The van der Waals surface area contributed by atoms with Gasteiger partial charge in [0.15, 0.2) is 0 Å². The van der Waals surface area contributed by atoms with Crippen LogP contribution in [-0.4, -0.2) is 24.8 Å². The van der Waals surface area contributed by atoms with E-state index in [1.54, 1.807) is 6.07 Å². The number of alkyl halides is 3. The Morgan fingerprint density at radius 2 is 2.11 bits per heavy atom. The van der Waals surface area contributed by atoms with Crippen LogP contribution in [0.1, 0.15) is 12.0 Å². The van der Waals surface area contributed by atoms with Crippen LogP contribution in [0.2, 0.25) is 0 Å². The van der Waals surface area contributed by atoms with Crippen LogP contribution < -0.4 is 4.90 Å². The number of nitrogens with zero attached hydrogens (tertiary/aromatic N) is 1. The molecular formula is C12H13BrF3NO. The van der Waals surface area contributed by atoms with Crippen molar-refractivity contribution in [3.8, 4) is 0 Å². The lowest BCUT2D eigenvalue weighted by Crippen LogP contribution is -2.21. The number of benzene rings is 1. The highest BCUT2D eigenvalue weighted by Gasteiger charge is 2.34. The molecule has 6 heteroatoms. The summed E-state index contributed by atoms with van der Waals surface area (Å²) in [5, 5.41) is 9.04. The van der Waals surface area contributed by atoms with Crippen molar-refractivity contribution < 1.29 is 18.3 Å². The molecule has 0 spiro atoms. The summed E-state index contributed by atoms with van der Waals surface area (Å²) in [6.45, 7) is 1.37. The summed E-state index contributed by atoms with van der Waals surface area (Å²) < 4.78 is 38.4. The Bertz CT molecular complexity index is 436. The quantitative estimate of drug-likeness (QED) is 0.902. The maximum absolute atomic E-state index is 12.8. The van der Waals surface area contributed by atoms with Gasteiger partial charge in [0.05, 0.1) is 5.56 Å². The van der Waals surface area contributed by atoms with E-state index in [9.17, 15) is 13.2 Å². The third kappa shape index (κ3) is 2.80. The second-order valence-corrected chi connectivity index (χ2v) is 5.30. The molecule has 18 heavy (non-hydrogen) atoms. The van der Waals surface area contributed by atoms with Crippen molar-refractivity contribution in [1.29, 1.82) is 0 Å². The highest BCUT2D eigenvalue weighted by Crippen LogP contribution is 2.37. The minimum absolute atomic E-state index is 0.0525. The Hall–Kier alpha value is -0.750. The monoisotopic (exact) mass is 323 g/mol. The lowest BCUT2D eigenvalue weighted by Gasteiger charge is -2.20. The zero-order valence-corrected chi connectivity index (χ0v) is 11.1. The highest BCUT2D eigenvalue weighted by atomic mass is 79.9. The fourth-order valence-electron chi connectivity index (χ4n) is 2.14. The zero-order valence-electron chi connectivity index (χ0n) is 9.54. The summed E-state index contributed by atoms with van der Waals surface area (Å²) in [6.07, 6.45) is -3.54. The minimum Gasteiger partial charge on any atom is -0.396 e. The van der Waals surface area contributed by atoms with Crippen molar-refractivity contribution >= 4 is 21.6 Å². The molecule has 100 valence electrons. The largest absolute Gasteiger partial charge is 0.417 e. The van der Waals surface area contributed by atoms with Gasteiger partial charge in [-0.2, -0.15) is 13.2 Å². The van der Waals surface area contributed by atoms with Crippen LogP contribution in [0, 0.1) is 5.92 Å². The summed E-state index contributed by atoms with van der Waals surface area (Å²) in [4.78, 5) is 1.88. The summed E-state index contributed by atoms with van der Waals surface area (Å²) in [6, 6.07) is 4.24. The average Bonchev–Trinajstić information content (AvgIpc) is 2.76. The van der Waals surface area contributed by atoms with Gasteiger partial charge in [0, 0.05) is 35.8 Å². The topological polar surface area (TPSA) is 23.5 Å². The number of aliphatic hydroxyl groups excluding tert-OH is 1. The Morgan fingerprint density at radius 3 is 2.67 bits per heavy atom. The van der Waals surface area contributed by atoms with Crippen molar-refractivity contribution in [2.75, 3.05) is 24.6 Å². The summed E-state index contributed by atoms with van der Waals surface area (Å²) >= 11 is 2.92. The van der Waals surface area contributed by atoms with Gasteiger partial charge in [0.2, 0.25) is 0 Å². The van der Waals surface area contributed by atoms with Crippen LogP contribution in [0.15, 0.2) is 22.7 Å².